The number of nitrogens with one attached hydrogen (secondary N) is 1. The van der Waals surface area contributed by atoms with Crippen LogP contribution in [0.4, 0.5) is 19.0 Å². The Morgan fingerprint density at radius 1 is 1.23 bits per heavy atom. The van der Waals surface area contributed by atoms with E-state index in [0.717, 1.165) is 16.6 Å². The van der Waals surface area contributed by atoms with Crippen molar-refractivity contribution in [2.75, 3.05) is 10.5 Å². The van der Waals surface area contributed by atoms with Gasteiger partial charge < -0.3 is 0 Å². The number of halogens is 4. The van der Waals surface area contributed by atoms with Crippen LogP contribution in [0.1, 0.15) is 23.4 Å². The highest BCUT2D eigenvalue weighted by Crippen LogP contribution is 2.39. The summed E-state index contributed by atoms with van der Waals surface area (Å²) in [4.78, 5) is 17.1. The van der Waals surface area contributed by atoms with E-state index in [0.29, 0.717) is 14.4 Å². The van der Waals surface area contributed by atoms with E-state index in [1.807, 2.05) is 0 Å². The van der Waals surface area contributed by atoms with Crippen molar-refractivity contribution >= 4 is 54.9 Å². The van der Waals surface area contributed by atoms with Crippen molar-refractivity contribution in [3.8, 4) is 5.69 Å². The molecule has 6 nitrogen and oxygen atoms in total. The fourth-order valence-corrected chi connectivity index (χ4v) is 6.46. The molecule has 1 N–H and O–H groups in total. The number of hydrogen-bond acceptors (Lipinski definition) is 6. The number of aromatic nitrogens is 2. The third-order valence-electron chi connectivity index (χ3n) is 4.32. The number of fused-ring (bicyclic) bond motifs is 1. The van der Waals surface area contributed by atoms with Crippen molar-refractivity contribution in [1.82, 2.24) is 9.55 Å². The van der Waals surface area contributed by atoms with Gasteiger partial charge in [0.15, 0.2) is 5.82 Å². The van der Waals surface area contributed by atoms with Crippen LogP contribution in [0.3, 0.4) is 0 Å². The first-order valence-electron chi connectivity index (χ1n) is 8.90. The molecule has 0 radical (unpaired) electrons. The van der Waals surface area contributed by atoms with E-state index in [2.05, 4.69) is 25.6 Å². The Hall–Kier alpha value is -1.57. The zero-order valence-corrected chi connectivity index (χ0v) is 20.3. The smallest absolute Gasteiger partial charge is 0.261 e. The van der Waals surface area contributed by atoms with Crippen LogP contribution in [-0.2, 0) is 10.0 Å². The maximum absolute atomic E-state index is 12.8. The maximum Gasteiger partial charge on any atom is 0.389 e. The van der Waals surface area contributed by atoms with Crippen LogP contribution in [0.5, 0.6) is 0 Å². The number of imidazole rings is 1. The summed E-state index contributed by atoms with van der Waals surface area (Å²) in [6, 6.07) is 5.92. The van der Waals surface area contributed by atoms with Crippen molar-refractivity contribution in [2.45, 2.75) is 42.0 Å². The summed E-state index contributed by atoms with van der Waals surface area (Å²) in [7, 11) is -4.03. The number of alkyl halides is 3. The molecule has 0 amide bonds. The second kappa shape index (κ2) is 9.12. The predicted molar refractivity (Wildman–Crippen MR) is 119 cm³/mol. The molecular formula is C18H17BrF3N3O3S3. The fourth-order valence-electron chi connectivity index (χ4n) is 2.72. The van der Waals surface area contributed by atoms with Gasteiger partial charge in [-0.05, 0) is 50.3 Å². The maximum atomic E-state index is 12.8. The molecule has 1 aromatic rings. The quantitative estimate of drug-likeness (QED) is 0.314. The largest absolute Gasteiger partial charge is 0.389 e. The highest BCUT2D eigenvalue weighted by Gasteiger charge is 2.28. The van der Waals surface area contributed by atoms with E-state index in [-0.39, 0.29) is 28.6 Å². The molecule has 1 aromatic carbocycles. The average molecular weight is 556 g/mol. The zero-order valence-electron chi connectivity index (χ0n) is 16.3. The molecule has 2 heterocycles. The van der Waals surface area contributed by atoms with E-state index in [1.54, 1.807) is 26.0 Å². The van der Waals surface area contributed by atoms with Crippen molar-refractivity contribution in [3.63, 3.8) is 0 Å². The van der Waals surface area contributed by atoms with Gasteiger partial charge >= 0.3 is 11.9 Å². The third kappa shape index (κ3) is 5.62. The standard InChI is InChI=1S/C18H17BrF3N3O3S3/c1-10-11(2)30-16(29-9-3-8-18(20,21)22)14-15(23-17(26)25(10)14)24-31(27,28)13-6-4-12(19)5-7-13/h4-7H,3,8-9H2,1-2H3,(H,23,24,26). The zero-order chi connectivity index (χ0) is 23.0. The predicted octanol–water partition coefficient (Wildman–Crippen LogP) is 5.35. The minimum Gasteiger partial charge on any atom is -0.261 e. The SMILES string of the molecule is Cc1sc(SCCCC(F)(F)F)c2c(NS(=O)(=O)c3ccc(Br)cc3)nc(=O)n-2c1C. The number of aryl methyl sites for hydroxylation is 1. The minimum absolute atomic E-state index is 0.0174. The Morgan fingerprint density at radius 2 is 1.87 bits per heavy atom. The number of sulfonamides is 1. The molecule has 3 rings (SSSR count). The average Bonchev–Trinajstić information content (AvgIpc) is 2.97. The summed E-state index contributed by atoms with van der Waals surface area (Å²) in [6.45, 7) is 3.48. The Kier molecular flexibility index (Phi) is 7.08. The topological polar surface area (TPSA) is 81.1 Å². The lowest BCUT2D eigenvalue weighted by atomic mass is 10.3. The van der Waals surface area contributed by atoms with E-state index >= 15 is 0 Å². The summed E-state index contributed by atoms with van der Waals surface area (Å²) in [5.74, 6) is 0.0116. The summed E-state index contributed by atoms with van der Waals surface area (Å²) in [6.07, 6.45) is -5.26. The molecular weight excluding hydrogens is 539 g/mol. The minimum atomic E-state index is -4.24. The van der Waals surface area contributed by atoms with Gasteiger partial charge in [0.2, 0.25) is 0 Å². The first-order valence-corrected chi connectivity index (χ1v) is 13.0. The molecule has 168 valence electrons. The highest BCUT2D eigenvalue weighted by molar-refractivity contribution is 9.10. The Bertz CT molecular complexity index is 1220. The second-order valence-electron chi connectivity index (χ2n) is 6.58. The monoisotopic (exact) mass is 555 g/mol. The van der Waals surface area contributed by atoms with Crippen LogP contribution in [0.25, 0.3) is 5.69 Å². The number of benzene rings is 1. The molecule has 0 unspecified atom stereocenters. The summed E-state index contributed by atoms with van der Waals surface area (Å²) in [5.41, 5.74) is 0.177. The Morgan fingerprint density at radius 3 is 2.48 bits per heavy atom. The summed E-state index contributed by atoms with van der Waals surface area (Å²) >= 11 is 5.66. The number of thioether (sulfide) groups is 1. The van der Waals surface area contributed by atoms with Gasteiger partial charge in [-0.25, -0.2) is 13.2 Å². The molecule has 31 heavy (non-hydrogen) atoms. The van der Waals surface area contributed by atoms with Crippen LogP contribution in [0, 0.1) is 13.8 Å². The molecule has 0 atom stereocenters. The van der Waals surface area contributed by atoms with Crippen molar-refractivity contribution < 1.29 is 21.6 Å². The molecule has 0 saturated heterocycles. The van der Waals surface area contributed by atoms with Crippen LogP contribution in [-0.4, -0.2) is 29.9 Å². The lowest BCUT2D eigenvalue weighted by Gasteiger charge is -2.16. The van der Waals surface area contributed by atoms with Gasteiger partial charge in [0.1, 0.15) is 5.69 Å². The molecule has 0 saturated carbocycles. The summed E-state index contributed by atoms with van der Waals surface area (Å²) in [5, 5.41) is 0. The van der Waals surface area contributed by atoms with Crippen LogP contribution in [0.2, 0.25) is 0 Å². The molecule has 0 aromatic heterocycles. The highest BCUT2D eigenvalue weighted by atomic mass is 79.9. The van der Waals surface area contributed by atoms with Gasteiger partial charge in [0, 0.05) is 21.5 Å². The molecule has 2 aliphatic rings. The number of nitrogens with zero attached hydrogens (tertiary/aromatic N) is 2. The van der Waals surface area contributed by atoms with E-state index < -0.39 is 28.3 Å². The van der Waals surface area contributed by atoms with Crippen LogP contribution in [0.15, 0.2) is 42.6 Å². The van der Waals surface area contributed by atoms with E-state index in [1.165, 1.54) is 28.0 Å². The number of hydrogen-bond donors (Lipinski definition) is 1. The van der Waals surface area contributed by atoms with Gasteiger partial charge in [-0.3, -0.25) is 9.29 Å². The molecule has 0 spiro atoms. The molecule has 0 aliphatic carbocycles. The Balaban J connectivity index is 1.98. The van der Waals surface area contributed by atoms with Crippen molar-refractivity contribution in [3.05, 3.63) is 49.8 Å². The molecule has 0 bridgehead atoms. The first-order chi connectivity index (χ1) is 14.4. The van der Waals surface area contributed by atoms with Gasteiger partial charge in [-0.1, -0.05) is 15.9 Å². The molecule has 0 fully saturated rings. The van der Waals surface area contributed by atoms with Crippen molar-refractivity contribution in [1.29, 1.82) is 0 Å². The van der Waals surface area contributed by atoms with E-state index in [9.17, 15) is 26.4 Å². The number of rotatable bonds is 7. The summed E-state index contributed by atoms with van der Waals surface area (Å²) < 4.78 is 67.8. The third-order valence-corrected chi connectivity index (χ3v) is 8.74. The first kappa shape index (κ1) is 24.1. The lowest BCUT2D eigenvalue weighted by molar-refractivity contribution is -0.134. The van der Waals surface area contributed by atoms with Gasteiger partial charge in [0.05, 0.1) is 9.10 Å². The van der Waals surface area contributed by atoms with Crippen LogP contribution < -0.4 is 10.4 Å². The molecule has 2 aliphatic heterocycles. The van der Waals surface area contributed by atoms with Gasteiger partial charge in [-0.15, -0.1) is 23.1 Å². The number of anilines is 1. The second-order valence-corrected chi connectivity index (χ2v) is 11.8. The fraction of sp³-hybridized carbons (Fsp3) is 0.333. The van der Waals surface area contributed by atoms with Gasteiger partial charge in [-0.2, -0.15) is 18.2 Å². The normalized spacial score (nSPS) is 12.5. The van der Waals surface area contributed by atoms with Gasteiger partial charge in [0.25, 0.3) is 10.0 Å². The lowest BCUT2D eigenvalue weighted by Crippen LogP contribution is -2.17. The van der Waals surface area contributed by atoms with Crippen LogP contribution >= 0.6 is 39.0 Å². The van der Waals surface area contributed by atoms with Crippen molar-refractivity contribution in [2.24, 2.45) is 0 Å². The van der Waals surface area contributed by atoms with E-state index in [4.69, 9.17) is 0 Å². The Labute approximate surface area is 193 Å². The molecule has 13 heteroatoms.